The maximum absolute atomic E-state index is 12.2. The maximum atomic E-state index is 12.2. The SMILES string of the molecule is CC(ON=[N+]([O-])N(CCO)CCO)N1C(=O)c2ccccc2C1=O. The van der Waals surface area contributed by atoms with Crippen molar-refractivity contribution < 1.29 is 29.6 Å². The van der Waals surface area contributed by atoms with Gasteiger partial charge in [0.05, 0.1) is 29.3 Å². The molecule has 1 aliphatic heterocycles. The second kappa shape index (κ2) is 7.70. The highest BCUT2D eigenvalue weighted by Gasteiger charge is 2.39. The molecule has 2 amide bonds. The number of aliphatic hydroxyl groups excluding tert-OH is 2. The number of hydrogen-bond acceptors (Lipinski definition) is 7. The van der Waals surface area contributed by atoms with E-state index in [9.17, 15) is 14.8 Å². The molecule has 0 aliphatic carbocycles. The monoisotopic (exact) mass is 338 g/mol. The van der Waals surface area contributed by atoms with Crippen LogP contribution in [0, 0.1) is 5.21 Å². The summed E-state index contributed by atoms with van der Waals surface area (Å²) in [6, 6.07) is 6.35. The lowest BCUT2D eigenvalue weighted by Gasteiger charge is -2.20. The standard InChI is InChI=1S/C14H18N4O6/c1-10(24-15-18(23)16(6-8-19)7-9-20)17-13(21)11-4-2-3-5-12(11)14(17)22/h2-5,10,19-20H,6-9H2,1H3. The van der Waals surface area contributed by atoms with E-state index in [1.807, 2.05) is 0 Å². The van der Waals surface area contributed by atoms with Crippen LogP contribution in [-0.2, 0) is 4.84 Å². The number of aliphatic hydroxyl groups is 2. The van der Waals surface area contributed by atoms with Crippen LogP contribution in [-0.4, -0.2) is 69.4 Å². The molecule has 0 spiro atoms. The first-order chi connectivity index (χ1) is 11.5. The van der Waals surface area contributed by atoms with Gasteiger partial charge in [0.25, 0.3) is 11.8 Å². The number of amides is 2. The van der Waals surface area contributed by atoms with E-state index in [1.54, 1.807) is 12.1 Å². The number of fused-ring (bicyclic) bond motifs is 1. The van der Waals surface area contributed by atoms with Crippen molar-refractivity contribution in [1.82, 2.24) is 9.91 Å². The Kier molecular flexibility index (Phi) is 5.66. The molecule has 2 rings (SSSR count). The summed E-state index contributed by atoms with van der Waals surface area (Å²) in [7, 11) is 0. The minimum Gasteiger partial charge on any atom is -0.569 e. The van der Waals surface area contributed by atoms with Crippen LogP contribution in [0.15, 0.2) is 29.5 Å². The number of nitrogens with zero attached hydrogens (tertiary/aromatic N) is 4. The molecule has 10 nitrogen and oxygen atoms in total. The number of carbonyl (C=O) groups is 2. The van der Waals surface area contributed by atoms with E-state index in [0.29, 0.717) is 0 Å². The van der Waals surface area contributed by atoms with Crippen LogP contribution in [0.4, 0.5) is 0 Å². The molecule has 1 heterocycles. The van der Waals surface area contributed by atoms with Crippen molar-refractivity contribution in [2.24, 2.45) is 5.28 Å². The van der Waals surface area contributed by atoms with Crippen molar-refractivity contribution in [1.29, 1.82) is 0 Å². The summed E-state index contributed by atoms with van der Waals surface area (Å²) in [5.74, 6) is -1.06. The van der Waals surface area contributed by atoms with Crippen LogP contribution >= 0.6 is 0 Å². The Morgan fingerprint density at radius 3 is 2.17 bits per heavy atom. The zero-order valence-electron chi connectivity index (χ0n) is 13.0. The zero-order valence-corrected chi connectivity index (χ0v) is 13.0. The lowest BCUT2D eigenvalue weighted by Crippen LogP contribution is -2.40. The van der Waals surface area contributed by atoms with Crippen molar-refractivity contribution in [3.05, 3.63) is 40.6 Å². The summed E-state index contributed by atoms with van der Waals surface area (Å²) in [6.45, 7) is 0.655. The van der Waals surface area contributed by atoms with Gasteiger partial charge in [-0.25, -0.2) is 4.90 Å². The fourth-order valence-corrected chi connectivity index (χ4v) is 2.26. The highest BCUT2D eigenvalue weighted by molar-refractivity contribution is 6.21. The van der Waals surface area contributed by atoms with Crippen LogP contribution in [0.5, 0.6) is 0 Å². The summed E-state index contributed by atoms with van der Waals surface area (Å²) in [4.78, 5) is 30.4. The highest BCUT2D eigenvalue weighted by Crippen LogP contribution is 2.24. The third-order valence-electron chi connectivity index (χ3n) is 3.42. The van der Waals surface area contributed by atoms with Gasteiger partial charge in [-0.1, -0.05) is 12.1 Å². The second-order valence-corrected chi connectivity index (χ2v) is 4.97. The molecular formula is C14H18N4O6. The maximum Gasteiger partial charge on any atom is 0.264 e. The molecule has 130 valence electrons. The van der Waals surface area contributed by atoms with Crippen molar-refractivity contribution in [2.45, 2.75) is 13.2 Å². The molecule has 1 atom stereocenters. The van der Waals surface area contributed by atoms with Gasteiger partial charge in [-0.05, 0) is 19.1 Å². The second-order valence-electron chi connectivity index (χ2n) is 4.97. The molecular weight excluding hydrogens is 320 g/mol. The van der Waals surface area contributed by atoms with Gasteiger partial charge in [0, 0.05) is 0 Å². The molecule has 0 saturated heterocycles. The third-order valence-corrected chi connectivity index (χ3v) is 3.42. The number of carbonyl (C=O) groups excluding carboxylic acids is 2. The first-order valence-electron chi connectivity index (χ1n) is 7.28. The largest absolute Gasteiger partial charge is 0.569 e. The Morgan fingerprint density at radius 1 is 1.21 bits per heavy atom. The molecule has 1 aromatic rings. The number of hydrogen-bond donors (Lipinski definition) is 2. The van der Waals surface area contributed by atoms with Crippen LogP contribution in [0.3, 0.4) is 0 Å². The van der Waals surface area contributed by atoms with Crippen molar-refractivity contribution in [2.75, 3.05) is 26.3 Å². The molecule has 0 bridgehead atoms. The van der Waals surface area contributed by atoms with Crippen LogP contribution in [0.25, 0.3) is 0 Å². The van der Waals surface area contributed by atoms with Crippen molar-refractivity contribution in [3.8, 4) is 0 Å². The average molecular weight is 338 g/mol. The Hall–Kier alpha value is -2.72. The first-order valence-corrected chi connectivity index (χ1v) is 7.28. The lowest BCUT2D eigenvalue weighted by molar-refractivity contribution is -0.713. The first kappa shape index (κ1) is 17.6. The van der Waals surface area contributed by atoms with E-state index < -0.39 is 18.0 Å². The number of benzene rings is 1. The van der Waals surface area contributed by atoms with E-state index in [1.165, 1.54) is 19.1 Å². The Morgan fingerprint density at radius 2 is 1.71 bits per heavy atom. The lowest BCUT2D eigenvalue weighted by atomic mass is 10.1. The summed E-state index contributed by atoms with van der Waals surface area (Å²) in [5, 5.41) is 33.8. The quantitative estimate of drug-likeness (QED) is 0.289. The fourth-order valence-electron chi connectivity index (χ4n) is 2.26. The van der Waals surface area contributed by atoms with E-state index in [2.05, 4.69) is 5.28 Å². The molecule has 1 aromatic carbocycles. The van der Waals surface area contributed by atoms with Gasteiger partial charge in [0.2, 0.25) is 11.5 Å². The summed E-state index contributed by atoms with van der Waals surface area (Å²) in [5.41, 5.74) is 0.526. The molecule has 2 N–H and O–H groups in total. The average Bonchev–Trinajstić information content (AvgIpc) is 2.84. The van der Waals surface area contributed by atoms with E-state index in [0.717, 1.165) is 9.91 Å². The molecule has 1 unspecified atom stereocenters. The number of hydrazine groups is 1. The highest BCUT2D eigenvalue weighted by atomic mass is 16.7. The normalized spacial score (nSPS) is 15.5. The Bertz CT molecular complexity index is 609. The Labute approximate surface area is 137 Å². The van der Waals surface area contributed by atoms with Gasteiger partial charge in [0.1, 0.15) is 13.1 Å². The third kappa shape index (κ3) is 3.44. The Balaban J connectivity index is 2.08. The molecule has 0 radical (unpaired) electrons. The van der Waals surface area contributed by atoms with Gasteiger partial charge < -0.3 is 20.3 Å². The summed E-state index contributed by atoms with van der Waals surface area (Å²) >= 11 is 0. The summed E-state index contributed by atoms with van der Waals surface area (Å²) in [6.07, 6.45) is -1.10. The van der Waals surface area contributed by atoms with Gasteiger partial charge in [0.15, 0.2) is 0 Å². The van der Waals surface area contributed by atoms with Crippen LogP contribution in [0.1, 0.15) is 27.6 Å². The van der Waals surface area contributed by atoms with Gasteiger partial charge in [-0.2, -0.15) is 0 Å². The van der Waals surface area contributed by atoms with E-state index >= 15 is 0 Å². The van der Waals surface area contributed by atoms with E-state index in [4.69, 9.17) is 15.1 Å². The molecule has 0 saturated carbocycles. The number of rotatable bonds is 8. The molecule has 0 aromatic heterocycles. The minimum absolute atomic E-state index is 0.0567. The predicted octanol–water partition coefficient (Wildman–Crippen LogP) is -0.276. The smallest absolute Gasteiger partial charge is 0.264 e. The minimum atomic E-state index is -1.10. The molecule has 10 heteroatoms. The molecule has 24 heavy (non-hydrogen) atoms. The van der Waals surface area contributed by atoms with Gasteiger partial charge in [-0.3, -0.25) is 9.59 Å². The van der Waals surface area contributed by atoms with Crippen LogP contribution in [0.2, 0.25) is 0 Å². The molecule has 0 fully saturated rings. The van der Waals surface area contributed by atoms with Crippen molar-refractivity contribution >= 4 is 11.8 Å². The van der Waals surface area contributed by atoms with Gasteiger partial charge >= 0.3 is 0 Å². The zero-order chi connectivity index (χ0) is 17.7. The fraction of sp³-hybridized carbons (Fsp3) is 0.429. The van der Waals surface area contributed by atoms with E-state index in [-0.39, 0.29) is 42.4 Å². The van der Waals surface area contributed by atoms with Crippen molar-refractivity contribution in [3.63, 3.8) is 0 Å². The topological polar surface area (TPSA) is 129 Å². The number of imide groups is 1. The molecule has 1 aliphatic rings. The van der Waals surface area contributed by atoms with Crippen LogP contribution < -0.4 is 0 Å². The summed E-state index contributed by atoms with van der Waals surface area (Å²) < 4.78 is 0. The predicted molar refractivity (Wildman–Crippen MR) is 79.3 cm³/mol. The van der Waals surface area contributed by atoms with Gasteiger partial charge in [-0.15, -0.1) is 5.01 Å².